The minimum absolute atomic E-state index is 0.239. The van der Waals surface area contributed by atoms with Crippen molar-refractivity contribution in [1.29, 1.82) is 0 Å². The van der Waals surface area contributed by atoms with Crippen molar-refractivity contribution < 1.29 is 8.42 Å². The van der Waals surface area contributed by atoms with Gasteiger partial charge in [0.2, 0.25) is 10.0 Å². The highest BCUT2D eigenvalue weighted by molar-refractivity contribution is 9.10. The molecule has 0 aliphatic heterocycles. The third kappa shape index (κ3) is 3.58. The molecule has 0 aliphatic carbocycles. The van der Waals surface area contributed by atoms with E-state index in [0.717, 1.165) is 10.0 Å². The highest BCUT2D eigenvalue weighted by Gasteiger charge is 2.20. The quantitative estimate of drug-likeness (QED) is 0.770. The lowest BCUT2D eigenvalue weighted by Crippen LogP contribution is -2.26. The van der Waals surface area contributed by atoms with Crippen LogP contribution in [0.15, 0.2) is 52.0 Å². The zero-order chi connectivity index (χ0) is 14.8. The van der Waals surface area contributed by atoms with E-state index in [4.69, 9.17) is 11.6 Å². The molecule has 1 aromatic heterocycles. The van der Waals surface area contributed by atoms with Gasteiger partial charge in [0.1, 0.15) is 5.15 Å². The third-order valence-electron chi connectivity index (χ3n) is 2.72. The summed E-state index contributed by atoms with van der Waals surface area (Å²) in [6.45, 7) is 0.239. The molecule has 20 heavy (non-hydrogen) atoms. The molecular weight excluding hydrogens is 364 g/mol. The van der Waals surface area contributed by atoms with Gasteiger partial charge in [-0.1, -0.05) is 33.6 Å². The average molecular weight is 376 g/mol. The normalized spacial score (nSPS) is 11.8. The Hall–Kier alpha value is -0.950. The number of pyridine rings is 1. The van der Waals surface area contributed by atoms with Gasteiger partial charge >= 0.3 is 0 Å². The minimum Gasteiger partial charge on any atom is -0.244 e. The molecule has 0 bridgehead atoms. The van der Waals surface area contributed by atoms with Crippen molar-refractivity contribution >= 4 is 37.6 Å². The van der Waals surface area contributed by atoms with Crippen LogP contribution in [0.25, 0.3) is 0 Å². The summed E-state index contributed by atoms with van der Waals surface area (Å²) in [5.74, 6) is 0. The lowest BCUT2D eigenvalue weighted by molar-refractivity contribution is 0.466. The van der Waals surface area contributed by atoms with Gasteiger partial charge in [0.25, 0.3) is 0 Å². The molecule has 0 amide bonds. The fraction of sp³-hybridized carbons (Fsp3) is 0.154. The van der Waals surface area contributed by atoms with E-state index in [-0.39, 0.29) is 11.4 Å². The predicted octanol–water partition coefficient (Wildman–Crippen LogP) is 3.32. The molecule has 0 unspecified atom stereocenters. The number of sulfonamides is 1. The van der Waals surface area contributed by atoms with E-state index in [1.54, 1.807) is 42.6 Å². The Morgan fingerprint density at radius 3 is 2.40 bits per heavy atom. The fourth-order valence-electron chi connectivity index (χ4n) is 1.63. The first-order chi connectivity index (χ1) is 9.39. The Morgan fingerprint density at radius 1 is 1.20 bits per heavy atom. The molecule has 0 saturated carbocycles. The molecule has 0 saturated heterocycles. The second-order valence-electron chi connectivity index (χ2n) is 4.20. The van der Waals surface area contributed by atoms with Crippen LogP contribution in [0.1, 0.15) is 5.56 Å². The number of hydrogen-bond donors (Lipinski definition) is 0. The minimum atomic E-state index is -3.51. The molecule has 2 aromatic rings. The number of hydrogen-bond acceptors (Lipinski definition) is 3. The molecule has 0 aliphatic rings. The van der Waals surface area contributed by atoms with Crippen molar-refractivity contribution in [2.45, 2.75) is 11.4 Å². The highest BCUT2D eigenvalue weighted by Crippen LogP contribution is 2.19. The van der Waals surface area contributed by atoms with Gasteiger partial charge in [0.15, 0.2) is 0 Å². The van der Waals surface area contributed by atoms with Crippen LogP contribution >= 0.6 is 27.5 Å². The lowest BCUT2D eigenvalue weighted by atomic mass is 10.3. The zero-order valence-corrected chi connectivity index (χ0v) is 13.8. The third-order valence-corrected chi connectivity index (χ3v) is 5.29. The molecular formula is C13H12BrClN2O2S. The lowest BCUT2D eigenvalue weighted by Gasteiger charge is -2.17. The SMILES string of the molecule is CN(Cc1ccc(Cl)nc1)S(=O)(=O)c1ccc(Br)cc1. The molecule has 0 radical (unpaired) electrons. The summed E-state index contributed by atoms with van der Waals surface area (Å²) >= 11 is 8.98. The van der Waals surface area contributed by atoms with Crippen molar-refractivity contribution in [3.8, 4) is 0 Å². The molecule has 1 heterocycles. The predicted molar refractivity (Wildman–Crippen MR) is 82.0 cm³/mol. The number of halogens is 2. The molecule has 106 valence electrons. The molecule has 4 nitrogen and oxygen atoms in total. The summed E-state index contributed by atoms with van der Waals surface area (Å²) in [6.07, 6.45) is 1.57. The summed E-state index contributed by atoms with van der Waals surface area (Å²) in [4.78, 5) is 4.19. The maximum atomic E-state index is 12.4. The Balaban J connectivity index is 2.21. The fourth-order valence-corrected chi connectivity index (χ4v) is 3.16. The average Bonchev–Trinajstić information content (AvgIpc) is 2.42. The maximum absolute atomic E-state index is 12.4. The van der Waals surface area contributed by atoms with E-state index >= 15 is 0 Å². The second kappa shape index (κ2) is 6.22. The van der Waals surface area contributed by atoms with Crippen LogP contribution in [0.3, 0.4) is 0 Å². The Labute approximate surface area is 131 Å². The Bertz CT molecular complexity index is 687. The molecule has 7 heteroatoms. The van der Waals surface area contributed by atoms with Crippen LogP contribution < -0.4 is 0 Å². The molecule has 0 N–H and O–H groups in total. The summed E-state index contributed by atoms with van der Waals surface area (Å²) in [5.41, 5.74) is 0.776. The molecule has 0 fully saturated rings. The van der Waals surface area contributed by atoms with Crippen molar-refractivity contribution in [1.82, 2.24) is 9.29 Å². The first-order valence-electron chi connectivity index (χ1n) is 5.72. The number of rotatable bonds is 4. The molecule has 0 spiro atoms. The zero-order valence-electron chi connectivity index (χ0n) is 10.6. The van der Waals surface area contributed by atoms with Gasteiger partial charge in [0.05, 0.1) is 4.90 Å². The maximum Gasteiger partial charge on any atom is 0.243 e. The first kappa shape index (κ1) is 15.4. The van der Waals surface area contributed by atoms with Crippen LogP contribution in [0.5, 0.6) is 0 Å². The van der Waals surface area contributed by atoms with Gasteiger partial charge in [-0.3, -0.25) is 0 Å². The van der Waals surface area contributed by atoms with Gasteiger partial charge in [0, 0.05) is 24.3 Å². The van der Waals surface area contributed by atoms with E-state index in [2.05, 4.69) is 20.9 Å². The van der Waals surface area contributed by atoms with E-state index in [1.165, 1.54) is 11.4 Å². The number of aromatic nitrogens is 1. The van der Waals surface area contributed by atoms with Gasteiger partial charge in [-0.2, -0.15) is 4.31 Å². The van der Waals surface area contributed by atoms with Crippen molar-refractivity contribution in [2.24, 2.45) is 0 Å². The van der Waals surface area contributed by atoms with Crippen LogP contribution in [0, 0.1) is 0 Å². The largest absolute Gasteiger partial charge is 0.244 e. The van der Waals surface area contributed by atoms with E-state index in [9.17, 15) is 8.42 Å². The van der Waals surface area contributed by atoms with Gasteiger partial charge in [-0.15, -0.1) is 0 Å². The Kier molecular flexibility index (Phi) is 4.80. The number of nitrogens with zero attached hydrogens (tertiary/aromatic N) is 2. The summed E-state index contributed by atoms with van der Waals surface area (Å²) < 4.78 is 26.9. The van der Waals surface area contributed by atoms with Gasteiger partial charge in [-0.05, 0) is 35.9 Å². The summed E-state index contributed by atoms with van der Waals surface area (Å²) in [7, 11) is -1.98. The van der Waals surface area contributed by atoms with E-state index in [0.29, 0.717) is 5.15 Å². The topological polar surface area (TPSA) is 50.3 Å². The monoisotopic (exact) mass is 374 g/mol. The second-order valence-corrected chi connectivity index (χ2v) is 7.55. The molecule has 1 aromatic carbocycles. The molecule has 0 atom stereocenters. The highest BCUT2D eigenvalue weighted by atomic mass is 79.9. The van der Waals surface area contributed by atoms with E-state index < -0.39 is 10.0 Å². The molecule has 2 rings (SSSR count). The summed E-state index contributed by atoms with van der Waals surface area (Å²) in [5, 5.41) is 0.382. The smallest absolute Gasteiger partial charge is 0.243 e. The van der Waals surface area contributed by atoms with Crippen molar-refractivity contribution in [3.63, 3.8) is 0 Å². The Morgan fingerprint density at radius 2 is 1.85 bits per heavy atom. The standard InChI is InChI=1S/C13H12BrClN2O2S/c1-17(9-10-2-7-13(15)16-8-10)20(18,19)12-5-3-11(14)4-6-12/h2-8H,9H2,1H3. The van der Waals surface area contributed by atoms with Crippen LogP contribution in [0.4, 0.5) is 0 Å². The van der Waals surface area contributed by atoms with Crippen LogP contribution in [-0.2, 0) is 16.6 Å². The van der Waals surface area contributed by atoms with Crippen molar-refractivity contribution in [3.05, 3.63) is 57.8 Å². The van der Waals surface area contributed by atoms with Crippen LogP contribution in [-0.4, -0.2) is 24.8 Å². The van der Waals surface area contributed by atoms with Gasteiger partial charge in [-0.25, -0.2) is 13.4 Å². The first-order valence-corrected chi connectivity index (χ1v) is 8.33. The van der Waals surface area contributed by atoms with Crippen molar-refractivity contribution in [2.75, 3.05) is 7.05 Å². The number of benzene rings is 1. The van der Waals surface area contributed by atoms with Crippen LogP contribution in [0.2, 0.25) is 5.15 Å². The van der Waals surface area contributed by atoms with Gasteiger partial charge < -0.3 is 0 Å². The van der Waals surface area contributed by atoms with E-state index in [1.807, 2.05) is 0 Å². The summed E-state index contributed by atoms with van der Waals surface area (Å²) in [6, 6.07) is 9.92.